The Morgan fingerprint density at radius 1 is 1.30 bits per heavy atom. The number of ether oxygens (including phenoxy) is 1. The normalized spacial score (nSPS) is 33.3. The van der Waals surface area contributed by atoms with Crippen molar-refractivity contribution in [2.24, 2.45) is 17.6 Å². The molecule has 2 aliphatic rings. The Kier molecular flexibility index (Phi) is 4.99. The lowest BCUT2D eigenvalue weighted by atomic mass is 9.97. The van der Waals surface area contributed by atoms with Gasteiger partial charge in [0.25, 0.3) is 0 Å². The van der Waals surface area contributed by atoms with Gasteiger partial charge in [-0.15, -0.1) is 0 Å². The molecule has 1 saturated heterocycles. The van der Waals surface area contributed by atoms with Gasteiger partial charge in [-0.25, -0.2) is 0 Å². The highest BCUT2D eigenvalue weighted by Gasteiger charge is 2.42. The lowest BCUT2D eigenvalue weighted by Crippen LogP contribution is -2.51. The van der Waals surface area contributed by atoms with Gasteiger partial charge in [0.15, 0.2) is 0 Å². The summed E-state index contributed by atoms with van der Waals surface area (Å²) in [5.74, 6) is -1.66. The van der Waals surface area contributed by atoms with Crippen molar-refractivity contribution >= 4 is 11.9 Å². The number of carbonyl (C=O) groups excluding carboxylic acids is 1. The minimum atomic E-state index is -0.892. The van der Waals surface area contributed by atoms with Crippen LogP contribution in [0.5, 0.6) is 0 Å². The fraction of sp³-hybridized carbons (Fsp3) is 0.857. The van der Waals surface area contributed by atoms with Crippen LogP contribution in [0.2, 0.25) is 0 Å². The number of amides is 1. The topological polar surface area (TPSA) is 92.9 Å². The smallest absolute Gasteiger partial charge is 0.311 e. The molecule has 2 rings (SSSR count). The highest BCUT2D eigenvalue weighted by Crippen LogP contribution is 2.29. The summed E-state index contributed by atoms with van der Waals surface area (Å²) in [6.07, 6.45) is 3.46. The maximum Gasteiger partial charge on any atom is 0.311 e. The maximum atomic E-state index is 12.7. The Bertz CT molecular complexity index is 374. The zero-order chi connectivity index (χ0) is 14.7. The Morgan fingerprint density at radius 2 is 2.05 bits per heavy atom. The van der Waals surface area contributed by atoms with Crippen LogP contribution in [-0.2, 0) is 14.3 Å². The largest absolute Gasteiger partial charge is 0.481 e. The van der Waals surface area contributed by atoms with Gasteiger partial charge in [-0.2, -0.15) is 0 Å². The highest BCUT2D eigenvalue weighted by atomic mass is 16.5. The summed E-state index contributed by atoms with van der Waals surface area (Å²) in [4.78, 5) is 25.7. The number of nitrogens with zero attached hydrogens (tertiary/aromatic N) is 1. The van der Waals surface area contributed by atoms with E-state index in [9.17, 15) is 14.7 Å². The van der Waals surface area contributed by atoms with Crippen LogP contribution < -0.4 is 5.73 Å². The fourth-order valence-electron chi connectivity index (χ4n) is 3.27. The zero-order valence-electron chi connectivity index (χ0n) is 12.0. The molecule has 1 saturated carbocycles. The predicted molar refractivity (Wildman–Crippen MR) is 73.1 cm³/mol. The van der Waals surface area contributed by atoms with Crippen LogP contribution in [0.3, 0.4) is 0 Å². The minimum absolute atomic E-state index is 0.0126. The number of rotatable bonds is 5. The second-order valence-electron chi connectivity index (χ2n) is 5.78. The number of nitrogens with two attached hydrogens (primary N) is 1. The quantitative estimate of drug-likeness (QED) is 0.764. The third-order valence-electron chi connectivity index (χ3n) is 4.40. The van der Waals surface area contributed by atoms with E-state index in [1.54, 1.807) is 4.90 Å². The van der Waals surface area contributed by atoms with Crippen molar-refractivity contribution in [2.75, 3.05) is 19.8 Å². The van der Waals surface area contributed by atoms with Gasteiger partial charge in [0.2, 0.25) is 5.91 Å². The van der Waals surface area contributed by atoms with Crippen LogP contribution in [0.1, 0.15) is 32.6 Å². The van der Waals surface area contributed by atoms with Gasteiger partial charge < -0.3 is 20.5 Å². The van der Waals surface area contributed by atoms with Crippen molar-refractivity contribution in [3.63, 3.8) is 0 Å². The molecule has 1 amide bonds. The number of carboxylic acids is 1. The van der Waals surface area contributed by atoms with Gasteiger partial charge in [-0.05, 0) is 19.3 Å². The monoisotopic (exact) mass is 284 g/mol. The van der Waals surface area contributed by atoms with Crippen molar-refractivity contribution in [2.45, 2.75) is 44.7 Å². The summed E-state index contributed by atoms with van der Waals surface area (Å²) in [6.45, 7) is 3.05. The molecule has 0 bridgehead atoms. The van der Waals surface area contributed by atoms with Crippen molar-refractivity contribution < 1.29 is 19.4 Å². The van der Waals surface area contributed by atoms with Crippen LogP contribution in [0.25, 0.3) is 0 Å². The third-order valence-corrected chi connectivity index (χ3v) is 4.40. The van der Waals surface area contributed by atoms with E-state index in [0.717, 1.165) is 25.7 Å². The molecule has 2 fully saturated rings. The molecule has 114 valence electrons. The molecule has 1 aliphatic carbocycles. The van der Waals surface area contributed by atoms with E-state index < -0.39 is 11.9 Å². The second kappa shape index (κ2) is 6.54. The van der Waals surface area contributed by atoms with Gasteiger partial charge in [-0.1, -0.05) is 13.3 Å². The first-order valence-corrected chi connectivity index (χ1v) is 7.42. The first-order valence-electron chi connectivity index (χ1n) is 7.42. The van der Waals surface area contributed by atoms with Gasteiger partial charge in [0.05, 0.1) is 25.2 Å². The molecule has 0 aromatic carbocycles. The first-order chi connectivity index (χ1) is 9.56. The molecule has 20 heavy (non-hydrogen) atoms. The summed E-state index contributed by atoms with van der Waals surface area (Å²) < 4.78 is 5.29. The molecule has 1 heterocycles. The molecule has 0 spiro atoms. The fourth-order valence-corrected chi connectivity index (χ4v) is 3.27. The van der Waals surface area contributed by atoms with Crippen LogP contribution in [-0.4, -0.2) is 53.7 Å². The van der Waals surface area contributed by atoms with E-state index in [-0.39, 0.29) is 30.5 Å². The molecule has 1 aliphatic heterocycles. The number of hydrogen-bond donors (Lipinski definition) is 2. The van der Waals surface area contributed by atoms with Gasteiger partial charge >= 0.3 is 5.97 Å². The van der Waals surface area contributed by atoms with Crippen molar-refractivity contribution in [3.8, 4) is 0 Å². The SMILES string of the molecule is CCCN(C(=O)C1CCCC1N)C1COCC1C(=O)O. The lowest BCUT2D eigenvalue weighted by molar-refractivity contribution is -0.146. The van der Waals surface area contributed by atoms with E-state index in [4.69, 9.17) is 10.5 Å². The Balaban J connectivity index is 2.13. The predicted octanol–water partition coefficient (Wildman–Crippen LogP) is 0.452. The zero-order valence-corrected chi connectivity index (χ0v) is 12.0. The van der Waals surface area contributed by atoms with Crippen LogP contribution in [0, 0.1) is 11.8 Å². The van der Waals surface area contributed by atoms with Crippen LogP contribution in [0.4, 0.5) is 0 Å². The molecular weight excluding hydrogens is 260 g/mol. The Labute approximate surface area is 119 Å². The molecule has 3 N–H and O–H groups in total. The van der Waals surface area contributed by atoms with Crippen LogP contribution >= 0.6 is 0 Å². The second-order valence-corrected chi connectivity index (χ2v) is 5.78. The van der Waals surface area contributed by atoms with E-state index in [2.05, 4.69) is 0 Å². The van der Waals surface area contributed by atoms with Crippen molar-refractivity contribution in [3.05, 3.63) is 0 Å². The molecule has 6 heteroatoms. The molecular formula is C14H24N2O4. The van der Waals surface area contributed by atoms with E-state index in [1.165, 1.54) is 0 Å². The van der Waals surface area contributed by atoms with Crippen LogP contribution in [0.15, 0.2) is 0 Å². The molecule has 0 radical (unpaired) electrons. The molecule has 0 aromatic heterocycles. The summed E-state index contributed by atoms with van der Waals surface area (Å²) in [5, 5.41) is 9.26. The first kappa shape index (κ1) is 15.3. The molecule has 4 unspecified atom stereocenters. The molecule has 4 atom stereocenters. The van der Waals surface area contributed by atoms with Crippen molar-refractivity contribution in [1.29, 1.82) is 0 Å². The summed E-state index contributed by atoms with van der Waals surface area (Å²) in [7, 11) is 0. The highest BCUT2D eigenvalue weighted by molar-refractivity contribution is 5.81. The number of carbonyl (C=O) groups is 2. The van der Waals surface area contributed by atoms with E-state index in [1.807, 2.05) is 6.92 Å². The number of aliphatic carboxylic acids is 1. The van der Waals surface area contributed by atoms with Gasteiger partial charge in [0.1, 0.15) is 5.92 Å². The number of hydrogen-bond acceptors (Lipinski definition) is 4. The van der Waals surface area contributed by atoms with E-state index >= 15 is 0 Å². The number of carboxylic acid groups (broad SMARTS) is 1. The third kappa shape index (κ3) is 2.96. The summed E-state index contributed by atoms with van der Waals surface area (Å²) >= 11 is 0. The Hall–Kier alpha value is -1.14. The van der Waals surface area contributed by atoms with Gasteiger partial charge in [-0.3, -0.25) is 9.59 Å². The maximum absolute atomic E-state index is 12.7. The average Bonchev–Trinajstić information content (AvgIpc) is 3.03. The minimum Gasteiger partial charge on any atom is -0.481 e. The average molecular weight is 284 g/mol. The standard InChI is InChI=1S/C14H24N2O4/c1-2-6-16(12-8-20-7-10(12)14(18)19)13(17)9-4-3-5-11(9)15/h9-12H,2-8,15H2,1H3,(H,18,19). The molecule has 0 aromatic rings. The van der Waals surface area contributed by atoms with E-state index in [0.29, 0.717) is 13.2 Å². The van der Waals surface area contributed by atoms with Gasteiger partial charge in [0, 0.05) is 12.6 Å². The Morgan fingerprint density at radius 3 is 2.60 bits per heavy atom. The summed E-state index contributed by atoms with van der Waals surface area (Å²) in [5.41, 5.74) is 6.01. The lowest BCUT2D eigenvalue weighted by Gasteiger charge is -2.33. The molecule has 6 nitrogen and oxygen atoms in total. The van der Waals surface area contributed by atoms with Crippen molar-refractivity contribution in [1.82, 2.24) is 4.90 Å². The summed E-state index contributed by atoms with van der Waals surface area (Å²) in [6, 6.07) is -0.444.